The molecule has 0 amide bonds. The lowest BCUT2D eigenvalue weighted by Crippen LogP contribution is -1.93. The van der Waals surface area contributed by atoms with Gasteiger partial charge in [-0.25, -0.2) is 10.4 Å². The average molecular weight is 237 g/mol. The van der Waals surface area contributed by atoms with Gasteiger partial charge in [0.2, 0.25) is 5.95 Å². The van der Waals surface area contributed by atoms with Gasteiger partial charge in [-0.1, -0.05) is 18.2 Å². The summed E-state index contributed by atoms with van der Waals surface area (Å²) in [6.07, 6.45) is 3.37. The molecular formula is C13H11N5. The normalized spacial score (nSPS) is 11.1. The molecule has 2 heterocycles. The number of imidazole rings is 1. The molecule has 0 unspecified atom stereocenters. The Labute approximate surface area is 104 Å². The van der Waals surface area contributed by atoms with Gasteiger partial charge in [-0.3, -0.25) is 4.98 Å². The highest BCUT2D eigenvalue weighted by molar-refractivity contribution is 5.79. The number of aromatic amines is 1. The summed E-state index contributed by atoms with van der Waals surface area (Å²) in [4.78, 5) is 11.6. The number of aromatic nitrogens is 3. The Balaban J connectivity index is 1.75. The van der Waals surface area contributed by atoms with E-state index in [2.05, 4.69) is 25.5 Å². The number of H-pyrrole nitrogens is 1. The largest absolute Gasteiger partial charge is 0.323 e. The highest BCUT2D eigenvalue weighted by atomic mass is 15.4. The number of hydrogen-bond donors (Lipinski definition) is 2. The maximum Gasteiger partial charge on any atom is 0.222 e. The summed E-state index contributed by atoms with van der Waals surface area (Å²) in [6.45, 7) is 0. The fourth-order valence-electron chi connectivity index (χ4n) is 1.62. The molecule has 2 aromatic heterocycles. The van der Waals surface area contributed by atoms with E-state index in [-0.39, 0.29) is 0 Å². The predicted molar refractivity (Wildman–Crippen MR) is 71.5 cm³/mol. The van der Waals surface area contributed by atoms with Crippen LogP contribution in [0.15, 0.2) is 53.8 Å². The molecule has 0 saturated heterocycles. The van der Waals surface area contributed by atoms with Crippen LogP contribution >= 0.6 is 0 Å². The highest BCUT2D eigenvalue weighted by Gasteiger charge is 1.99. The summed E-state index contributed by atoms with van der Waals surface area (Å²) in [7, 11) is 0. The lowest BCUT2D eigenvalue weighted by Gasteiger charge is -1.93. The second-order valence-corrected chi connectivity index (χ2v) is 3.73. The zero-order valence-electron chi connectivity index (χ0n) is 9.54. The molecule has 3 rings (SSSR count). The molecule has 2 N–H and O–H groups in total. The first-order chi connectivity index (χ1) is 8.92. The second kappa shape index (κ2) is 4.67. The summed E-state index contributed by atoms with van der Waals surface area (Å²) in [5.74, 6) is 0.614. The van der Waals surface area contributed by atoms with E-state index in [0.717, 1.165) is 16.7 Å². The molecule has 0 atom stereocenters. The van der Waals surface area contributed by atoms with Crippen molar-refractivity contribution in [2.45, 2.75) is 0 Å². The average Bonchev–Trinajstić information content (AvgIpc) is 2.82. The lowest BCUT2D eigenvalue weighted by molar-refractivity contribution is 1.21. The fourth-order valence-corrected chi connectivity index (χ4v) is 1.62. The van der Waals surface area contributed by atoms with Gasteiger partial charge in [0, 0.05) is 6.20 Å². The van der Waals surface area contributed by atoms with E-state index in [0.29, 0.717) is 5.95 Å². The number of para-hydroxylation sites is 2. The zero-order valence-corrected chi connectivity index (χ0v) is 9.54. The molecule has 18 heavy (non-hydrogen) atoms. The van der Waals surface area contributed by atoms with Gasteiger partial charge in [0.25, 0.3) is 0 Å². The minimum Gasteiger partial charge on any atom is -0.323 e. The van der Waals surface area contributed by atoms with E-state index in [1.807, 2.05) is 42.5 Å². The van der Waals surface area contributed by atoms with Gasteiger partial charge in [-0.15, -0.1) is 0 Å². The van der Waals surface area contributed by atoms with Gasteiger partial charge >= 0.3 is 0 Å². The summed E-state index contributed by atoms with van der Waals surface area (Å²) in [5, 5.41) is 4.08. The third-order valence-electron chi connectivity index (χ3n) is 2.44. The molecule has 0 spiro atoms. The summed E-state index contributed by atoms with van der Waals surface area (Å²) >= 11 is 0. The molecule has 5 heteroatoms. The molecule has 0 aliphatic rings. The summed E-state index contributed by atoms with van der Waals surface area (Å²) in [6, 6.07) is 13.5. The Hall–Kier alpha value is -2.69. The molecule has 0 aliphatic carbocycles. The topological polar surface area (TPSA) is 66.0 Å². The van der Waals surface area contributed by atoms with Gasteiger partial charge in [0.15, 0.2) is 0 Å². The lowest BCUT2D eigenvalue weighted by atomic mass is 10.3. The van der Waals surface area contributed by atoms with Crippen molar-refractivity contribution in [1.82, 2.24) is 15.0 Å². The SMILES string of the molecule is C(=N/Nc1nc2ccccc2[nH]1)/c1ccccn1. The molecular weight excluding hydrogens is 226 g/mol. The highest BCUT2D eigenvalue weighted by Crippen LogP contribution is 2.12. The van der Waals surface area contributed by atoms with E-state index in [1.54, 1.807) is 12.4 Å². The van der Waals surface area contributed by atoms with Crippen LogP contribution in [-0.4, -0.2) is 21.2 Å². The van der Waals surface area contributed by atoms with Crippen LogP contribution in [0.5, 0.6) is 0 Å². The van der Waals surface area contributed by atoms with Crippen LogP contribution in [0.2, 0.25) is 0 Å². The van der Waals surface area contributed by atoms with Gasteiger partial charge in [0.05, 0.1) is 22.9 Å². The number of anilines is 1. The van der Waals surface area contributed by atoms with E-state index >= 15 is 0 Å². The van der Waals surface area contributed by atoms with Crippen molar-refractivity contribution in [3.63, 3.8) is 0 Å². The van der Waals surface area contributed by atoms with Crippen molar-refractivity contribution in [1.29, 1.82) is 0 Å². The maximum absolute atomic E-state index is 4.34. The first kappa shape index (κ1) is 10.5. The Morgan fingerprint density at radius 1 is 1.11 bits per heavy atom. The van der Waals surface area contributed by atoms with Crippen LogP contribution < -0.4 is 5.43 Å². The quantitative estimate of drug-likeness (QED) is 0.543. The van der Waals surface area contributed by atoms with Gasteiger partial charge in [-0.05, 0) is 24.3 Å². The van der Waals surface area contributed by atoms with Gasteiger partial charge in [0.1, 0.15) is 0 Å². The fraction of sp³-hybridized carbons (Fsp3) is 0. The monoisotopic (exact) mass is 237 g/mol. The molecule has 0 bridgehead atoms. The van der Waals surface area contributed by atoms with Crippen LogP contribution in [0.4, 0.5) is 5.95 Å². The van der Waals surface area contributed by atoms with E-state index < -0.39 is 0 Å². The van der Waals surface area contributed by atoms with Crippen LogP contribution in [0.25, 0.3) is 11.0 Å². The summed E-state index contributed by atoms with van der Waals surface area (Å²) in [5.41, 5.74) is 5.53. The molecule has 0 aliphatic heterocycles. The number of nitrogens with zero attached hydrogens (tertiary/aromatic N) is 3. The van der Waals surface area contributed by atoms with Crippen molar-refractivity contribution in [2.24, 2.45) is 5.10 Å². The van der Waals surface area contributed by atoms with E-state index in [1.165, 1.54) is 0 Å². The molecule has 88 valence electrons. The number of rotatable bonds is 3. The molecule has 3 aromatic rings. The molecule has 0 saturated carbocycles. The van der Waals surface area contributed by atoms with Gasteiger partial charge < -0.3 is 4.98 Å². The van der Waals surface area contributed by atoms with Crippen LogP contribution in [0, 0.1) is 0 Å². The third-order valence-corrected chi connectivity index (χ3v) is 2.44. The van der Waals surface area contributed by atoms with Crippen molar-refractivity contribution in [3.05, 3.63) is 54.4 Å². The Bertz CT molecular complexity index is 639. The Morgan fingerprint density at radius 3 is 2.83 bits per heavy atom. The van der Waals surface area contributed by atoms with Crippen molar-refractivity contribution >= 4 is 23.2 Å². The minimum atomic E-state index is 0.614. The number of hydrogen-bond acceptors (Lipinski definition) is 4. The standard InChI is InChI=1S/C13H11N5/c1-2-7-12-11(6-1)16-13(17-12)18-15-9-10-5-3-4-8-14-10/h1-9H,(H2,16,17,18)/b15-9-. The molecule has 5 nitrogen and oxygen atoms in total. The maximum atomic E-state index is 4.34. The first-order valence-corrected chi connectivity index (χ1v) is 5.57. The van der Waals surface area contributed by atoms with Crippen molar-refractivity contribution < 1.29 is 0 Å². The number of pyridine rings is 1. The van der Waals surface area contributed by atoms with E-state index in [4.69, 9.17) is 0 Å². The minimum absolute atomic E-state index is 0.614. The van der Waals surface area contributed by atoms with Crippen LogP contribution in [-0.2, 0) is 0 Å². The number of fused-ring (bicyclic) bond motifs is 1. The van der Waals surface area contributed by atoms with Crippen LogP contribution in [0.1, 0.15) is 5.69 Å². The number of hydrazone groups is 1. The second-order valence-electron chi connectivity index (χ2n) is 3.73. The molecule has 0 fully saturated rings. The zero-order chi connectivity index (χ0) is 12.2. The van der Waals surface area contributed by atoms with Crippen LogP contribution in [0.3, 0.4) is 0 Å². The predicted octanol–water partition coefficient (Wildman–Crippen LogP) is 2.40. The smallest absolute Gasteiger partial charge is 0.222 e. The van der Waals surface area contributed by atoms with Crippen molar-refractivity contribution in [3.8, 4) is 0 Å². The summed E-state index contributed by atoms with van der Waals surface area (Å²) < 4.78 is 0. The first-order valence-electron chi connectivity index (χ1n) is 5.57. The molecule has 0 radical (unpaired) electrons. The Morgan fingerprint density at radius 2 is 2.00 bits per heavy atom. The Kier molecular flexibility index (Phi) is 2.71. The van der Waals surface area contributed by atoms with Gasteiger partial charge in [-0.2, -0.15) is 5.10 Å². The third kappa shape index (κ3) is 2.20. The molecule has 1 aromatic carbocycles. The number of nitrogens with one attached hydrogen (secondary N) is 2. The number of benzene rings is 1. The van der Waals surface area contributed by atoms with Crippen molar-refractivity contribution in [2.75, 3.05) is 5.43 Å². The van der Waals surface area contributed by atoms with E-state index in [9.17, 15) is 0 Å².